The number of benzene rings is 1. The third-order valence-corrected chi connectivity index (χ3v) is 5.33. The van der Waals surface area contributed by atoms with E-state index in [1.54, 1.807) is 23.5 Å². The average molecular weight is 335 g/mol. The van der Waals surface area contributed by atoms with Crippen LogP contribution in [0.4, 0.5) is 0 Å². The van der Waals surface area contributed by atoms with Crippen LogP contribution in [0.2, 0.25) is 5.02 Å². The molecule has 0 spiro atoms. The highest BCUT2D eigenvalue weighted by molar-refractivity contribution is 7.10. The molecular weight excluding hydrogens is 316 g/mol. The number of carbonyl (C=O) groups is 1. The lowest BCUT2D eigenvalue weighted by atomic mass is 10.2. The number of carbonyl (C=O) groups excluding carboxylic acids is 1. The monoisotopic (exact) mass is 334 g/mol. The maximum Gasteiger partial charge on any atom is 0.252 e. The molecule has 1 N–H and O–H groups in total. The lowest BCUT2D eigenvalue weighted by molar-refractivity contribution is 0.0938. The van der Waals surface area contributed by atoms with Gasteiger partial charge < -0.3 is 5.32 Å². The summed E-state index contributed by atoms with van der Waals surface area (Å²) in [6, 6.07) is 11.6. The molecule has 2 aromatic rings. The van der Waals surface area contributed by atoms with E-state index < -0.39 is 0 Å². The number of nitrogens with zero attached hydrogens (tertiary/aromatic N) is 1. The van der Waals surface area contributed by atoms with Crippen LogP contribution in [0.1, 0.15) is 34.1 Å². The number of hydrogen-bond donors (Lipinski definition) is 1. The first-order valence-corrected chi connectivity index (χ1v) is 8.81. The van der Waals surface area contributed by atoms with Crippen molar-refractivity contribution in [2.75, 3.05) is 19.6 Å². The Balaban J connectivity index is 1.69. The fourth-order valence-corrected chi connectivity index (χ4v) is 3.96. The Kier molecular flexibility index (Phi) is 5.13. The van der Waals surface area contributed by atoms with Crippen LogP contribution in [0, 0.1) is 0 Å². The first-order chi connectivity index (χ1) is 10.8. The van der Waals surface area contributed by atoms with Crippen LogP contribution in [-0.4, -0.2) is 30.4 Å². The van der Waals surface area contributed by atoms with Gasteiger partial charge in [-0.1, -0.05) is 29.8 Å². The molecule has 3 nitrogen and oxygen atoms in total. The minimum absolute atomic E-state index is 0.105. The standard InChI is InChI=1S/C17H19ClN2OS/c18-14-7-2-1-6-13(14)17(21)19-12-15(16-8-5-11-22-16)20-9-3-4-10-20/h1-2,5-8,11,15H,3-4,9-10,12H2,(H,19,21). The Morgan fingerprint density at radius 1 is 1.23 bits per heavy atom. The maximum atomic E-state index is 12.3. The molecule has 1 aliphatic heterocycles. The van der Waals surface area contributed by atoms with Crippen molar-refractivity contribution >= 4 is 28.8 Å². The number of likely N-dealkylation sites (tertiary alicyclic amines) is 1. The van der Waals surface area contributed by atoms with E-state index >= 15 is 0 Å². The molecule has 0 radical (unpaired) electrons. The second kappa shape index (κ2) is 7.27. The Hall–Kier alpha value is -1.36. The van der Waals surface area contributed by atoms with E-state index in [1.165, 1.54) is 17.7 Å². The van der Waals surface area contributed by atoms with Crippen molar-refractivity contribution in [3.05, 3.63) is 57.2 Å². The molecule has 5 heteroatoms. The molecule has 3 rings (SSSR count). The predicted molar refractivity (Wildman–Crippen MR) is 91.7 cm³/mol. The van der Waals surface area contributed by atoms with Crippen molar-refractivity contribution in [3.8, 4) is 0 Å². The average Bonchev–Trinajstić information content (AvgIpc) is 3.21. The topological polar surface area (TPSA) is 32.3 Å². The van der Waals surface area contributed by atoms with E-state index in [9.17, 15) is 4.79 Å². The molecule has 0 aliphatic carbocycles. The Labute approximate surface area is 139 Å². The molecule has 1 aromatic heterocycles. The van der Waals surface area contributed by atoms with Crippen molar-refractivity contribution in [1.82, 2.24) is 10.2 Å². The van der Waals surface area contributed by atoms with Gasteiger partial charge in [-0.15, -0.1) is 11.3 Å². The summed E-state index contributed by atoms with van der Waals surface area (Å²) in [5.41, 5.74) is 0.538. The van der Waals surface area contributed by atoms with Gasteiger partial charge in [0, 0.05) is 11.4 Å². The Morgan fingerprint density at radius 3 is 2.68 bits per heavy atom. The second-order valence-corrected chi connectivity index (χ2v) is 6.85. The molecular formula is C17H19ClN2OS. The van der Waals surface area contributed by atoms with Crippen molar-refractivity contribution in [2.45, 2.75) is 18.9 Å². The van der Waals surface area contributed by atoms with Crippen molar-refractivity contribution in [3.63, 3.8) is 0 Å². The minimum atomic E-state index is -0.105. The van der Waals surface area contributed by atoms with Crippen molar-refractivity contribution in [2.24, 2.45) is 0 Å². The predicted octanol–water partition coefficient (Wildman–Crippen LogP) is 3.97. The summed E-state index contributed by atoms with van der Waals surface area (Å²) in [4.78, 5) is 16.1. The zero-order valence-corrected chi connectivity index (χ0v) is 13.9. The Morgan fingerprint density at radius 2 is 2.00 bits per heavy atom. The molecule has 1 aliphatic rings. The third kappa shape index (κ3) is 3.51. The molecule has 2 heterocycles. The van der Waals surface area contributed by atoms with Gasteiger partial charge in [0.15, 0.2) is 0 Å². The smallest absolute Gasteiger partial charge is 0.252 e. The van der Waals surface area contributed by atoms with Crippen LogP contribution in [0.25, 0.3) is 0 Å². The van der Waals surface area contributed by atoms with E-state index in [1.807, 2.05) is 12.1 Å². The van der Waals surface area contributed by atoms with Gasteiger partial charge in [0.2, 0.25) is 0 Å². The largest absolute Gasteiger partial charge is 0.350 e. The van der Waals surface area contributed by atoms with Crippen LogP contribution >= 0.6 is 22.9 Å². The summed E-state index contributed by atoms with van der Waals surface area (Å²) in [7, 11) is 0. The normalized spacial score (nSPS) is 16.6. The van der Waals surface area contributed by atoms with Crippen LogP contribution in [0.5, 0.6) is 0 Å². The SMILES string of the molecule is O=C(NCC(c1cccs1)N1CCCC1)c1ccccc1Cl. The summed E-state index contributed by atoms with van der Waals surface area (Å²) in [6.07, 6.45) is 2.47. The van der Waals surface area contributed by atoms with Gasteiger partial charge in [0.1, 0.15) is 0 Å². The third-order valence-electron chi connectivity index (χ3n) is 4.03. The molecule has 0 saturated carbocycles. The zero-order chi connectivity index (χ0) is 15.4. The van der Waals surface area contributed by atoms with Gasteiger partial charge in [0.05, 0.1) is 16.6 Å². The van der Waals surface area contributed by atoms with Gasteiger partial charge in [0.25, 0.3) is 5.91 Å². The van der Waals surface area contributed by atoms with Gasteiger partial charge >= 0.3 is 0 Å². The number of amides is 1. The quantitative estimate of drug-likeness (QED) is 0.897. The molecule has 0 bridgehead atoms. The van der Waals surface area contributed by atoms with Gasteiger partial charge in [-0.05, 0) is 49.5 Å². The molecule has 1 amide bonds. The van der Waals surface area contributed by atoms with E-state index in [-0.39, 0.29) is 11.9 Å². The highest BCUT2D eigenvalue weighted by Crippen LogP contribution is 2.28. The van der Waals surface area contributed by atoms with Crippen molar-refractivity contribution < 1.29 is 4.79 Å². The summed E-state index contributed by atoms with van der Waals surface area (Å²) < 4.78 is 0. The molecule has 1 aromatic carbocycles. The summed E-state index contributed by atoms with van der Waals surface area (Å²) in [5.74, 6) is -0.105. The lowest BCUT2D eigenvalue weighted by Gasteiger charge is -2.27. The number of nitrogens with one attached hydrogen (secondary N) is 1. The summed E-state index contributed by atoms with van der Waals surface area (Å²) >= 11 is 7.84. The minimum Gasteiger partial charge on any atom is -0.350 e. The van der Waals surface area contributed by atoms with Gasteiger partial charge in [-0.25, -0.2) is 0 Å². The number of halogens is 1. The van der Waals surface area contributed by atoms with Crippen LogP contribution in [0.3, 0.4) is 0 Å². The number of hydrogen-bond acceptors (Lipinski definition) is 3. The first kappa shape index (κ1) is 15.5. The molecule has 1 unspecified atom stereocenters. The van der Waals surface area contributed by atoms with E-state index in [0.717, 1.165) is 13.1 Å². The fraction of sp³-hybridized carbons (Fsp3) is 0.353. The molecule has 1 saturated heterocycles. The van der Waals surface area contributed by atoms with E-state index in [0.29, 0.717) is 17.1 Å². The molecule has 1 fully saturated rings. The highest BCUT2D eigenvalue weighted by atomic mass is 35.5. The summed E-state index contributed by atoms with van der Waals surface area (Å²) in [5, 5.41) is 5.63. The summed E-state index contributed by atoms with van der Waals surface area (Å²) in [6.45, 7) is 2.82. The van der Waals surface area contributed by atoms with E-state index in [2.05, 4.69) is 27.7 Å². The molecule has 1 atom stereocenters. The first-order valence-electron chi connectivity index (χ1n) is 7.56. The van der Waals surface area contributed by atoms with Gasteiger partial charge in [-0.2, -0.15) is 0 Å². The van der Waals surface area contributed by atoms with Crippen LogP contribution < -0.4 is 5.32 Å². The number of rotatable bonds is 5. The van der Waals surface area contributed by atoms with Crippen molar-refractivity contribution in [1.29, 1.82) is 0 Å². The highest BCUT2D eigenvalue weighted by Gasteiger charge is 2.25. The maximum absolute atomic E-state index is 12.3. The van der Waals surface area contributed by atoms with Crippen LogP contribution in [0.15, 0.2) is 41.8 Å². The van der Waals surface area contributed by atoms with E-state index in [4.69, 9.17) is 11.6 Å². The number of thiophene rings is 1. The zero-order valence-electron chi connectivity index (χ0n) is 12.3. The molecule has 116 valence electrons. The lowest BCUT2D eigenvalue weighted by Crippen LogP contribution is -2.36. The fourth-order valence-electron chi connectivity index (χ4n) is 2.87. The second-order valence-electron chi connectivity index (χ2n) is 5.46. The van der Waals surface area contributed by atoms with Gasteiger partial charge in [-0.3, -0.25) is 9.69 Å². The van der Waals surface area contributed by atoms with Crippen LogP contribution in [-0.2, 0) is 0 Å². The molecule has 22 heavy (non-hydrogen) atoms. The Bertz CT molecular complexity index is 623.